The molecule has 0 radical (unpaired) electrons. The SMILES string of the molecule is O=C(O)Cc1cccc(OOc2ccccc2)c1. The van der Waals surface area contributed by atoms with Crippen LogP contribution in [0.5, 0.6) is 11.5 Å². The third-order valence-corrected chi connectivity index (χ3v) is 2.23. The van der Waals surface area contributed by atoms with Crippen molar-refractivity contribution >= 4 is 5.97 Å². The van der Waals surface area contributed by atoms with Gasteiger partial charge >= 0.3 is 5.97 Å². The average molecular weight is 244 g/mol. The van der Waals surface area contributed by atoms with Crippen molar-refractivity contribution in [3.05, 3.63) is 60.2 Å². The average Bonchev–Trinajstić information content (AvgIpc) is 2.37. The minimum atomic E-state index is -0.879. The minimum absolute atomic E-state index is 0.0391. The van der Waals surface area contributed by atoms with E-state index in [1.54, 1.807) is 36.4 Å². The second-order valence-corrected chi connectivity index (χ2v) is 3.70. The lowest BCUT2D eigenvalue weighted by molar-refractivity contribution is -0.136. The van der Waals surface area contributed by atoms with Crippen molar-refractivity contribution in [1.82, 2.24) is 0 Å². The van der Waals surface area contributed by atoms with Crippen molar-refractivity contribution in [3.63, 3.8) is 0 Å². The van der Waals surface area contributed by atoms with Gasteiger partial charge in [-0.1, -0.05) is 30.3 Å². The van der Waals surface area contributed by atoms with E-state index in [4.69, 9.17) is 14.9 Å². The van der Waals surface area contributed by atoms with Gasteiger partial charge in [0.25, 0.3) is 0 Å². The van der Waals surface area contributed by atoms with Gasteiger partial charge in [0, 0.05) is 0 Å². The highest BCUT2D eigenvalue weighted by molar-refractivity contribution is 5.70. The maximum Gasteiger partial charge on any atom is 0.307 e. The van der Waals surface area contributed by atoms with E-state index in [-0.39, 0.29) is 6.42 Å². The lowest BCUT2D eigenvalue weighted by Gasteiger charge is -2.06. The van der Waals surface area contributed by atoms with Gasteiger partial charge in [-0.25, -0.2) is 0 Å². The topological polar surface area (TPSA) is 55.8 Å². The van der Waals surface area contributed by atoms with E-state index in [0.29, 0.717) is 17.1 Å². The molecule has 0 spiro atoms. The molecule has 0 aromatic heterocycles. The van der Waals surface area contributed by atoms with E-state index in [1.807, 2.05) is 18.2 Å². The first-order chi connectivity index (χ1) is 8.74. The molecule has 0 bridgehead atoms. The van der Waals surface area contributed by atoms with Crippen LogP contribution in [0.1, 0.15) is 5.56 Å². The maximum atomic E-state index is 10.6. The van der Waals surface area contributed by atoms with Crippen LogP contribution < -0.4 is 9.78 Å². The molecular weight excluding hydrogens is 232 g/mol. The number of carboxylic acid groups (broad SMARTS) is 1. The van der Waals surface area contributed by atoms with Crippen LogP contribution in [-0.4, -0.2) is 11.1 Å². The molecule has 2 rings (SSSR count). The zero-order valence-corrected chi connectivity index (χ0v) is 9.58. The van der Waals surface area contributed by atoms with Gasteiger partial charge in [0.05, 0.1) is 6.42 Å². The van der Waals surface area contributed by atoms with Gasteiger partial charge in [-0.05, 0) is 29.8 Å². The third kappa shape index (κ3) is 3.52. The first-order valence-electron chi connectivity index (χ1n) is 5.44. The maximum absolute atomic E-state index is 10.6. The third-order valence-electron chi connectivity index (χ3n) is 2.23. The number of rotatable bonds is 5. The fourth-order valence-electron chi connectivity index (χ4n) is 1.45. The quantitative estimate of drug-likeness (QED) is 0.649. The van der Waals surface area contributed by atoms with Crippen LogP contribution in [0.3, 0.4) is 0 Å². The molecule has 0 atom stereocenters. The highest BCUT2D eigenvalue weighted by Gasteiger charge is 2.03. The molecule has 18 heavy (non-hydrogen) atoms. The van der Waals surface area contributed by atoms with Crippen LogP contribution in [0.4, 0.5) is 0 Å². The van der Waals surface area contributed by atoms with E-state index in [2.05, 4.69) is 0 Å². The van der Waals surface area contributed by atoms with E-state index >= 15 is 0 Å². The molecule has 0 saturated carbocycles. The van der Waals surface area contributed by atoms with Crippen molar-refractivity contribution in [3.8, 4) is 11.5 Å². The Labute approximate surface area is 104 Å². The standard InChI is InChI=1S/C14H12O4/c15-14(16)10-11-5-4-8-13(9-11)18-17-12-6-2-1-3-7-12/h1-9H,10H2,(H,15,16). The number of benzene rings is 2. The van der Waals surface area contributed by atoms with Crippen molar-refractivity contribution < 1.29 is 19.7 Å². The molecule has 0 heterocycles. The normalized spacial score (nSPS) is 9.78. The molecule has 1 N–H and O–H groups in total. The smallest absolute Gasteiger partial charge is 0.307 e. The lowest BCUT2D eigenvalue weighted by Crippen LogP contribution is -2.03. The molecule has 0 unspecified atom stereocenters. The summed E-state index contributed by atoms with van der Waals surface area (Å²) in [5.41, 5.74) is 0.664. The first kappa shape index (κ1) is 12.0. The summed E-state index contributed by atoms with van der Waals surface area (Å²) >= 11 is 0. The first-order valence-corrected chi connectivity index (χ1v) is 5.44. The zero-order valence-electron chi connectivity index (χ0n) is 9.58. The van der Waals surface area contributed by atoms with Crippen molar-refractivity contribution in [2.45, 2.75) is 6.42 Å². The Bertz CT molecular complexity index is 522. The summed E-state index contributed by atoms with van der Waals surface area (Å²) in [5, 5.41) is 8.69. The molecular formula is C14H12O4. The molecule has 0 aliphatic carbocycles. The molecule has 2 aromatic rings. The summed E-state index contributed by atoms with van der Waals surface area (Å²) in [5.74, 6) is 0.176. The van der Waals surface area contributed by atoms with Crippen molar-refractivity contribution in [2.75, 3.05) is 0 Å². The van der Waals surface area contributed by atoms with Crippen LogP contribution in [0.15, 0.2) is 54.6 Å². The number of hydrogen-bond donors (Lipinski definition) is 1. The Morgan fingerprint density at radius 1 is 0.944 bits per heavy atom. The Balaban J connectivity index is 1.99. The van der Waals surface area contributed by atoms with E-state index in [9.17, 15) is 4.79 Å². The van der Waals surface area contributed by atoms with Crippen molar-refractivity contribution in [2.24, 2.45) is 0 Å². The van der Waals surface area contributed by atoms with Crippen LogP contribution in [0.2, 0.25) is 0 Å². The lowest BCUT2D eigenvalue weighted by atomic mass is 10.1. The zero-order chi connectivity index (χ0) is 12.8. The van der Waals surface area contributed by atoms with Gasteiger partial charge in [-0.15, -0.1) is 0 Å². The Morgan fingerprint density at radius 3 is 2.33 bits per heavy atom. The molecule has 0 amide bonds. The van der Waals surface area contributed by atoms with Crippen LogP contribution in [-0.2, 0) is 11.2 Å². The molecule has 0 saturated heterocycles. The van der Waals surface area contributed by atoms with E-state index < -0.39 is 5.97 Å². The number of aliphatic carboxylic acids is 1. The van der Waals surface area contributed by atoms with Crippen LogP contribution in [0.25, 0.3) is 0 Å². The van der Waals surface area contributed by atoms with Crippen molar-refractivity contribution in [1.29, 1.82) is 0 Å². The van der Waals surface area contributed by atoms with Gasteiger partial charge in [-0.2, -0.15) is 0 Å². The molecule has 92 valence electrons. The van der Waals surface area contributed by atoms with E-state index in [1.165, 1.54) is 0 Å². The van der Waals surface area contributed by atoms with Gasteiger partial charge in [0.1, 0.15) is 0 Å². The number of para-hydroxylation sites is 1. The Morgan fingerprint density at radius 2 is 1.61 bits per heavy atom. The van der Waals surface area contributed by atoms with Gasteiger partial charge in [0.2, 0.25) is 0 Å². The summed E-state index contributed by atoms with van der Waals surface area (Å²) in [6, 6.07) is 15.9. The van der Waals surface area contributed by atoms with Gasteiger partial charge in [-0.3, -0.25) is 14.6 Å². The molecule has 0 aliphatic heterocycles. The Hall–Kier alpha value is -2.49. The summed E-state index contributed by atoms with van der Waals surface area (Å²) in [7, 11) is 0. The summed E-state index contributed by atoms with van der Waals surface area (Å²) in [6.07, 6.45) is -0.0391. The summed E-state index contributed by atoms with van der Waals surface area (Å²) in [6.45, 7) is 0. The highest BCUT2D eigenvalue weighted by atomic mass is 17.2. The van der Waals surface area contributed by atoms with Gasteiger partial charge < -0.3 is 5.11 Å². The largest absolute Gasteiger partial charge is 0.481 e. The number of carboxylic acids is 1. The number of carbonyl (C=O) groups is 1. The predicted molar refractivity (Wildman–Crippen MR) is 65.5 cm³/mol. The number of hydrogen-bond acceptors (Lipinski definition) is 3. The van der Waals surface area contributed by atoms with E-state index in [0.717, 1.165) is 0 Å². The second kappa shape index (κ2) is 5.72. The van der Waals surface area contributed by atoms with Gasteiger partial charge in [0.15, 0.2) is 11.5 Å². The van der Waals surface area contributed by atoms with Crippen LogP contribution >= 0.6 is 0 Å². The second-order valence-electron chi connectivity index (χ2n) is 3.70. The fraction of sp³-hybridized carbons (Fsp3) is 0.0714. The molecule has 0 aliphatic rings. The Kier molecular flexibility index (Phi) is 3.81. The molecule has 0 fully saturated rings. The summed E-state index contributed by atoms with van der Waals surface area (Å²) < 4.78 is 0. The summed E-state index contributed by atoms with van der Waals surface area (Å²) in [4.78, 5) is 20.8. The fourth-order valence-corrected chi connectivity index (χ4v) is 1.45. The predicted octanol–water partition coefficient (Wildman–Crippen LogP) is 2.69. The monoisotopic (exact) mass is 244 g/mol. The molecule has 2 aromatic carbocycles. The minimum Gasteiger partial charge on any atom is -0.481 e. The van der Waals surface area contributed by atoms with Crippen LogP contribution in [0, 0.1) is 0 Å². The molecule has 4 heteroatoms. The highest BCUT2D eigenvalue weighted by Crippen LogP contribution is 2.16. The molecule has 4 nitrogen and oxygen atoms in total.